The van der Waals surface area contributed by atoms with Gasteiger partial charge < -0.3 is 9.67 Å². The molecule has 1 saturated heterocycles. The van der Waals surface area contributed by atoms with Crippen molar-refractivity contribution < 1.29 is 19.5 Å². The van der Waals surface area contributed by atoms with E-state index in [1.54, 1.807) is 43.3 Å². The Morgan fingerprint density at radius 1 is 1.03 bits per heavy atom. The molecule has 2 N–H and O–H groups in total. The number of amides is 2. The maximum Gasteiger partial charge on any atom is 0.337 e. The molecule has 34 heavy (non-hydrogen) atoms. The van der Waals surface area contributed by atoms with Gasteiger partial charge in [-0.25, -0.2) is 4.79 Å². The molecule has 1 aliphatic heterocycles. The van der Waals surface area contributed by atoms with Gasteiger partial charge in [-0.1, -0.05) is 23.2 Å². The Kier molecular flexibility index (Phi) is 6.31. The third-order valence-electron chi connectivity index (χ3n) is 5.40. The Labute approximate surface area is 210 Å². The highest BCUT2D eigenvalue weighted by Gasteiger charge is 2.34. The smallest absolute Gasteiger partial charge is 0.337 e. The molecular formula is C24H17Cl2N3O4S. The molecule has 4 rings (SSSR count). The average molecular weight is 514 g/mol. The van der Waals surface area contributed by atoms with Crippen LogP contribution >= 0.6 is 35.4 Å². The summed E-state index contributed by atoms with van der Waals surface area (Å²) in [5.74, 6) is -2.32. The van der Waals surface area contributed by atoms with Crippen LogP contribution < -0.4 is 10.2 Å². The molecule has 7 nitrogen and oxygen atoms in total. The van der Waals surface area contributed by atoms with Crippen LogP contribution in [-0.2, 0) is 9.59 Å². The second-order valence-corrected chi connectivity index (χ2v) is 8.80. The fourth-order valence-corrected chi connectivity index (χ4v) is 4.39. The Balaban J connectivity index is 1.77. The molecule has 0 atom stereocenters. The van der Waals surface area contributed by atoms with E-state index in [-0.39, 0.29) is 21.3 Å². The predicted octanol–water partition coefficient (Wildman–Crippen LogP) is 4.93. The number of nitrogens with zero attached hydrogens (tertiary/aromatic N) is 2. The summed E-state index contributed by atoms with van der Waals surface area (Å²) in [6.45, 7) is 3.64. The lowest BCUT2D eigenvalue weighted by atomic mass is 10.1. The number of benzene rings is 2. The van der Waals surface area contributed by atoms with Crippen LogP contribution in [0.3, 0.4) is 0 Å². The molecule has 0 unspecified atom stereocenters. The number of thiocarbonyl (C=S) groups is 1. The minimum Gasteiger partial charge on any atom is -0.478 e. The van der Waals surface area contributed by atoms with Crippen molar-refractivity contribution in [1.82, 2.24) is 9.88 Å². The summed E-state index contributed by atoms with van der Waals surface area (Å²) < 4.78 is 1.82. The summed E-state index contributed by atoms with van der Waals surface area (Å²) in [5, 5.41) is 12.6. The van der Waals surface area contributed by atoms with Gasteiger partial charge in [-0.2, -0.15) is 0 Å². The topological polar surface area (TPSA) is 91.6 Å². The summed E-state index contributed by atoms with van der Waals surface area (Å²) in [7, 11) is 0. The zero-order valence-electron chi connectivity index (χ0n) is 17.9. The number of carboxylic acids is 1. The van der Waals surface area contributed by atoms with Crippen molar-refractivity contribution in [2.45, 2.75) is 13.8 Å². The number of carboxylic acid groups (broad SMARTS) is 1. The van der Waals surface area contributed by atoms with E-state index >= 15 is 0 Å². The minimum atomic E-state index is -1.14. The van der Waals surface area contributed by atoms with Crippen molar-refractivity contribution in [2.75, 3.05) is 4.90 Å². The predicted molar refractivity (Wildman–Crippen MR) is 135 cm³/mol. The van der Waals surface area contributed by atoms with E-state index in [4.69, 9.17) is 35.4 Å². The number of aromatic nitrogens is 1. The number of carbonyl (C=O) groups is 3. The van der Waals surface area contributed by atoms with Crippen molar-refractivity contribution in [3.63, 3.8) is 0 Å². The van der Waals surface area contributed by atoms with E-state index in [0.29, 0.717) is 27.7 Å². The number of carbonyl (C=O) groups excluding carboxylic acids is 2. The number of aryl methyl sites for hydroxylation is 1. The fourth-order valence-electron chi connectivity index (χ4n) is 3.78. The molecule has 2 amide bonds. The van der Waals surface area contributed by atoms with Gasteiger partial charge in [0.1, 0.15) is 5.57 Å². The molecule has 2 heterocycles. The summed E-state index contributed by atoms with van der Waals surface area (Å²) >= 11 is 17.2. The molecule has 2 aromatic carbocycles. The molecule has 1 aromatic heterocycles. The molecule has 1 aliphatic rings. The van der Waals surface area contributed by atoms with Crippen LogP contribution in [0.25, 0.3) is 11.8 Å². The van der Waals surface area contributed by atoms with E-state index in [1.165, 1.54) is 23.1 Å². The second kappa shape index (κ2) is 9.06. The van der Waals surface area contributed by atoms with Crippen molar-refractivity contribution in [1.29, 1.82) is 0 Å². The van der Waals surface area contributed by atoms with Crippen molar-refractivity contribution in [3.05, 3.63) is 86.7 Å². The molecule has 1 fully saturated rings. The van der Waals surface area contributed by atoms with E-state index < -0.39 is 17.8 Å². The fraction of sp³-hybridized carbons (Fsp3) is 0.0833. The Hall–Kier alpha value is -3.46. The van der Waals surface area contributed by atoms with Gasteiger partial charge in [0.15, 0.2) is 5.11 Å². The summed E-state index contributed by atoms with van der Waals surface area (Å²) in [5.41, 5.74) is 3.04. The molecule has 10 heteroatoms. The first kappa shape index (κ1) is 23.7. The van der Waals surface area contributed by atoms with Crippen LogP contribution in [0.5, 0.6) is 0 Å². The van der Waals surface area contributed by atoms with E-state index in [1.807, 2.05) is 11.5 Å². The van der Waals surface area contributed by atoms with Crippen LogP contribution in [0, 0.1) is 13.8 Å². The molecule has 0 aliphatic carbocycles. The van der Waals surface area contributed by atoms with Crippen LogP contribution in [0.15, 0.2) is 54.1 Å². The lowest BCUT2D eigenvalue weighted by Crippen LogP contribution is -2.54. The molecular weight excluding hydrogens is 497 g/mol. The zero-order valence-corrected chi connectivity index (χ0v) is 20.3. The van der Waals surface area contributed by atoms with Crippen molar-refractivity contribution in [3.8, 4) is 5.69 Å². The first-order chi connectivity index (χ1) is 16.1. The van der Waals surface area contributed by atoms with Gasteiger partial charge in [0.05, 0.1) is 16.3 Å². The van der Waals surface area contributed by atoms with Gasteiger partial charge in [0.25, 0.3) is 11.8 Å². The van der Waals surface area contributed by atoms with Crippen LogP contribution in [0.2, 0.25) is 10.0 Å². The maximum atomic E-state index is 13.3. The van der Waals surface area contributed by atoms with Crippen LogP contribution in [-0.4, -0.2) is 32.6 Å². The van der Waals surface area contributed by atoms with Gasteiger partial charge in [-0.3, -0.25) is 19.8 Å². The van der Waals surface area contributed by atoms with Gasteiger partial charge in [-0.05, 0) is 86.2 Å². The number of halogens is 2. The highest BCUT2D eigenvalue weighted by Crippen LogP contribution is 2.28. The number of aromatic carboxylic acids is 1. The average Bonchev–Trinajstić information content (AvgIpc) is 3.05. The monoisotopic (exact) mass is 513 g/mol. The standard InChI is InChI=1S/C24H17Cl2N3O4S/c1-12-9-14(13(2)28(12)17-7-8-20(26)18(11-17)23(32)33)10-19-21(30)27-24(34)29(22(19)31)16-5-3-15(25)4-6-16/h3-11H,1-2H3,(H,32,33)(H,27,30,34)/b19-10+. The third kappa shape index (κ3) is 4.23. The number of anilines is 1. The lowest BCUT2D eigenvalue weighted by molar-refractivity contribution is -0.122. The van der Waals surface area contributed by atoms with Gasteiger partial charge >= 0.3 is 5.97 Å². The second-order valence-electron chi connectivity index (χ2n) is 7.57. The number of nitrogens with one attached hydrogen (secondary N) is 1. The van der Waals surface area contributed by atoms with Crippen LogP contribution in [0.4, 0.5) is 5.69 Å². The quantitative estimate of drug-likeness (QED) is 0.293. The zero-order chi connectivity index (χ0) is 24.7. The van der Waals surface area contributed by atoms with Gasteiger partial charge in [-0.15, -0.1) is 0 Å². The Morgan fingerprint density at radius 3 is 2.32 bits per heavy atom. The highest BCUT2D eigenvalue weighted by atomic mass is 35.5. The number of rotatable bonds is 4. The molecule has 0 spiro atoms. The Morgan fingerprint density at radius 2 is 1.68 bits per heavy atom. The molecule has 0 saturated carbocycles. The van der Waals surface area contributed by atoms with Gasteiger partial charge in [0.2, 0.25) is 0 Å². The van der Waals surface area contributed by atoms with Gasteiger partial charge in [0, 0.05) is 22.1 Å². The normalized spacial score (nSPS) is 15.1. The lowest BCUT2D eigenvalue weighted by Gasteiger charge is -2.28. The SMILES string of the molecule is Cc1cc(/C=C2\C(=O)NC(=S)N(c3ccc(Cl)cc3)C2=O)c(C)n1-c1ccc(Cl)c(C(=O)O)c1. The minimum absolute atomic E-state index is 0.0256. The third-order valence-corrected chi connectivity index (χ3v) is 6.26. The van der Waals surface area contributed by atoms with Crippen molar-refractivity contribution >= 4 is 70.1 Å². The highest BCUT2D eigenvalue weighted by molar-refractivity contribution is 7.80. The maximum absolute atomic E-state index is 13.3. The molecule has 0 radical (unpaired) electrons. The molecule has 3 aromatic rings. The van der Waals surface area contributed by atoms with Crippen molar-refractivity contribution in [2.24, 2.45) is 0 Å². The first-order valence-corrected chi connectivity index (χ1v) is 11.1. The molecule has 172 valence electrons. The largest absolute Gasteiger partial charge is 0.478 e. The van der Waals surface area contributed by atoms with E-state index in [0.717, 1.165) is 5.69 Å². The molecule has 0 bridgehead atoms. The summed E-state index contributed by atoms with van der Waals surface area (Å²) in [6.07, 6.45) is 1.50. The number of hydrogen-bond donors (Lipinski definition) is 2. The number of hydrogen-bond acceptors (Lipinski definition) is 4. The Bertz CT molecular complexity index is 1410. The summed E-state index contributed by atoms with van der Waals surface area (Å²) in [4.78, 5) is 38.6. The van der Waals surface area contributed by atoms with Crippen LogP contribution in [0.1, 0.15) is 27.3 Å². The first-order valence-electron chi connectivity index (χ1n) is 9.97. The summed E-state index contributed by atoms with van der Waals surface area (Å²) in [6, 6.07) is 13.0. The van der Waals surface area contributed by atoms with E-state index in [9.17, 15) is 19.5 Å². The van der Waals surface area contributed by atoms with E-state index in [2.05, 4.69) is 5.32 Å².